The Morgan fingerprint density at radius 3 is 2.67 bits per heavy atom. The van der Waals surface area contributed by atoms with E-state index in [9.17, 15) is 14.9 Å². The molecule has 3 rings (SSSR count). The summed E-state index contributed by atoms with van der Waals surface area (Å²) in [5, 5.41) is 11.4. The zero-order chi connectivity index (χ0) is 17.3. The molecule has 1 saturated heterocycles. The quantitative estimate of drug-likeness (QED) is 0.337. The highest BCUT2D eigenvalue weighted by Gasteiger charge is 2.33. The largest absolute Gasteiger partial charge is 0.270 e. The summed E-state index contributed by atoms with van der Waals surface area (Å²) >= 11 is 12.4. The molecule has 0 spiro atoms. The van der Waals surface area contributed by atoms with Crippen molar-refractivity contribution in [2.75, 3.05) is 4.90 Å². The van der Waals surface area contributed by atoms with E-state index in [1.54, 1.807) is 42.5 Å². The molecule has 2 aromatic rings. The number of anilines is 1. The normalized spacial score (nSPS) is 16.0. The summed E-state index contributed by atoms with van der Waals surface area (Å²) < 4.78 is 0.388. The molecule has 5 nitrogen and oxygen atoms in total. The predicted molar refractivity (Wildman–Crippen MR) is 100 cm³/mol. The van der Waals surface area contributed by atoms with Crippen molar-refractivity contribution in [1.29, 1.82) is 0 Å². The lowest BCUT2D eigenvalue weighted by Crippen LogP contribution is -2.27. The Kier molecular flexibility index (Phi) is 4.66. The van der Waals surface area contributed by atoms with Crippen LogP contribution in [0.15, 0.2) is 53.4 Å². The van der Waals surface area contributed by atoms with Gasteiger partial charge in [0.15, 0.2) is 4.32 Å². The van der Waals surface area contributed by atoms with Gasteiger partial charge in [0.2, 0.25) is 0 Å². The Morgan fingerprint density at radius 2 is 1.96 bits per heavy atom. The summed E-state index contributed by atoms with van der Waals surface area (Å²) in [7, 11) is 0. The molecule has 0 radical (unpaired) electrons. The number of carbonyl (C=O) groups is 1. The number of amides is 1. The van der Waals surface area contributed by atoms with Crippen LogP contribution >= 0.6 is 35.6 Å². The van der Waals surface area contributed by atoms with Crippen LogP contribution in [0.2, 0.25) is 5.02 Å². The average Bonchev–Trinajstić information content (AvgIpc) is 2.81. The molecule has 0 aliphatic carbocycles. The van der Waals surface area contributed by atoms with Crippen molar-refractivity contribution >= 4 is 63.3 Å². The minimum absolute atomic E-state index is 0.0333. The van der Waals surface area contributed by atoms with Crippen LogP contribution in [0.25, 0.3) is 6.08 Å². The standard InChI is InChI=1S/C16H9ClN2O3S2/c17-11-4-2-5-12(9-11)18-15(20)14(24-16(18)23)8-10-3-1-6-13(7-10)19(21)22/h1-9H/b14-8-. The van der Waals surface area contributed by atoms with Crippen molar-refractivity contribution in [3.63, 3.8) is 0 Å². The first-order valence-electron chi connectivity index (χ1n) is 6.74. The SMILES string of the molecule is O=C1/C(=C/c2cccc([N+](=O)[O-])c2)SC(=S)N1c1cccc(Cl)c1. The van der Waals surface area contributed by atoms with E-state index in [1.807, 2.05) is 0 Å². The maximum atomic E-state index is 12.6. The van der Waals surface area contributed by atoms with E-state index in [2.05, 4.69) is 0 Å². The summed E-state index contributed by atoms with van der Waals surface area (Å²) in [4.78, 5) is 24.8. The molecular formula is C16H9ClN2O3S2. The van der Waals surface area contributed by atoms with Gasteiger partial charge in [-0.05, 0) is 29.8 Å². The molecule has 1 heterocycles. The second kappa shape index (κ2) is 6.72. The van der Waals surface area contributed by atoms with Gasteiger partial charge in [0.05, 0.1) is 15.5 Å². The molecule has 8 heteroatoms. The van der Waals surface area contributed by atoms with Crippen molar-refractivity contribution in [1.82, 2.24) is 0 Å². The van der Waals surface area contributed by atoms with Crippen LogP contribution < -0.4 is 4.90 Å². The number of thiocarbonyl (C=S) groups is 1. The van der Waals surface area contributed by atoms with Crippen molar-refractivity contribution in [2.45, 2.75) is 0 Å². The van der Waals surface area contributed by atoms with Gasteiger partial charge in [-0.2, -0.15) is 0 Å². The molecule has 0 bridgehead atoms. The second-order valence-corrected chi connectivity index (χ2v) is 6.96. The maximum absolute atomic E-state index is 12.6. The summed E-state index contributed by atoms with van der Waals surface area (Å²) in [5.41, 5.74) is 1.12. The highest BCUT2D eigenvalue weighted by atomic mass is 35.5. The summed E-state index contributed by atoms with van der Waals surface area (Å²) in [6, 6.07) is 12.9. The Morgan fingerprint density at radius 1 is 1.21 bits per heavy atom. The molecule has 1 fully saturated rings. The first-order valence-corrected chi connectivity index (χ1v) is 8.34. The van der Waals surface area contributed by atoms with Crippen molar-refractivity contribution in [3.8, 4) is 0 Å². The van der Waals surface area contributed by atoms with E-state index in [-0.39, 0.29) is 11.6 Å². The lowest BCUT2D eigenvalue weighted by Gasteiger charge is -2.14. The highest BCUT2D eigenvalue weighted by Crippen LogP contribution is 2.36. The molecule has 0 N–H and O–H groups in total. The molecule has 1 aliphatic rings. The van der Waals surface area contributed by atoms with Crippen molar-refractivity contribution in [3.05, 3.63) is 74.1 Å². The van der Waals surface area contributed by atoms with E-state index in [1.165, 1.54) is 17.0 Å². The van der Waals surface area contributed by atoms with Crippen LogP contribution in [0.4, 0.5) is 11.4 Å². The minimum Gasteiger partial charge on any atom is -0.268 e. The van der Waals surface area contributed by atoms with E-state index in [0.29, 0.717) is 25.5 Å². The number of non-ortho nitro benzene ring substituents is 1. The summed E-state index contributed by atoms with van der Waals surface area (Å²) in [6.45, 7) is 0. The molecule has 0 aromatic heterocycles. The number of thioether (sulfide) groups is 1. The van der Waals surface area contributed by atoms with E-state index < -0.39 is 4.92 Å². The maximum Gasteiger partial charge on any atom is 0.270 e. The van der Waals surface area contributed by atoms with Crippen LogP contribution in [0.5, 0.6) is 0 Å². The topological polar surface area (TPSA) is 63.4 Å². The fraction of sp³-hybridized carbons (Fsp3) is 0. The van der Waals surface area contributed by atoms with Gasteiger partial charge in [-0.1, -0.05) is 53.8 Å². The third kappa shape index (κ3) is 3.33. The van der Waals surface area contributed by atoms with Crippen LogP contribution in [-0.4, -0.2) is 15.2 Å². The van der Waals surface area contributed by atoms with Gasteiger partial charge in [0.1, 0.15) is 0 Å². The number of benzene rings is 2. The zero-order valence-corrected chi connectivity index (χ0v) is 14.4. The first kappa shape index (κ1) is 16.6. The Labute approximate surface area is 152 Å². The smallest absolute Gasteiger partial charge is 0.268 e. The summed E-state index contributed by atoms with van der Waals surface area (Å²) in [6.07, 6.45) is 1.59. The minimum atomic E-state index is -0.478. The second-order valence-electron chi connectivity index (χ2n) is 4.85. The van der Waals surface area contributed by atoms with E-state index in [4.69, 9.17) is 23.8 Å². The van der Waals surface area contributed by atoms with Gasteiger partial charge >= 0.3 is 0 Å². The number of nitrogens with zero attached hydrogens (tertiary/aromatic N) is 2. The summed E-state index contributed by atoms with van der Waals surface area (Å²) in [5.74, 6) is -0.279. The zero-order valence-electron chi connectivity index (χ0n) is 12.0. The van der Waals surface area contributed by atoms with Crippen LogP contribution in [0.3, 0.4) is 0 Å². The Balaban J connectivity index is 1.94. The van der Waals surface area contributed by atoms with E-state index >= 15 is 0 Å². The molecule has 0 saturated carbocycles. The molecule has 2 aromatic carbocycles. The van der Waals surface area contributed by atoms with Gasteiger partial charge in [-0.3, -0.25) is 19.8 Å². The molecule has 120 valence electrons. The first-order chi connectivity index (χ1) is 11.5. The number of rotatable bonds is 3. The van der Waals surface area contributed by atoms with Crippen molar-refractivity contribution in [2.24, 2.45) is 0 Å². The van der Waals surface area contributed by atoms with Crippen LogP contribution in [-0.2, 0) is 4.79 Å². The average molecular weight is 377 g/mol. The molecule has 0 atom stereocenters. The molecule has 1 amide bonds. The third-order valence-electron chi connectivity index (χ3n) is 3.24. The fourth-order valence-corrected chi connectivity index (χ4v) is 3.67. The predicted octanol–water partition coefficient (Wildman–Crippen LogP) is 4.65. The molecule has 1 aliphatic heterocycles. The number of hydrogen-bond acceptors (Lipinski definition) is 5. The number of nitro benzene ring substituents is 1. The fourth-order valence-electron chi connectivity index (χ4n) is 2.19. The Hall–Kier alpha value is -2.22. The number of hydrogen-bond donors (Lipinski definition) is 0. The lowest BCUT2D eigenvalue weighted by molar-refractivity contribution is -0.384. The van der Waals surface area contributed by atoms with E-state index in [0.717, 1.165) is 11.8 Å². The van der Waals surface area contributed by atoms with Crippen LogP contribution in [0, 0.1) is 10.1 Å². The highest BCUT2D eigenvalue weighted by molar-refractivity contribution is 8.27. The molecule has 0 unspecified atom stereocenters. The van der Waals surface area contributed by atoms with Gasteiger partial charge in [0.25, 0.3) is 11.6 Å². The number of nitro groups is 1. The van der Waals surface area contributed by atoms with Gasteiger partial charge in [-0.25, -0.2) is 0 Å². The van der Waals surface area contributed by atoms with Crippen molar-refractivity contribution < 1.29 is 9.72 Å². The number of carbonyl (C=O) groups excluding carboxylic acids is 1. The van der Waals surface area contributed by atoms with Gasteiger partial charge in [0, 0.05) is 17.2 Å². The number of halogens is 1. The Bertz CT molecular complexity index is 898. The monoisotopic (exact) mass is 376 g/mol. The molecule has 24 heavy (non-hydrogen) atoms. The molecular weight excluding hydrogens is 368 g/mol. The third-order valence-corrected chi connectivity index (χ3v) is 4.78. The lowest BCUT2D eigenvalue weighted by atomic mass is 10.2. The van der Waals surface area contributed by atoms with Gasteiger partial charge < -0.3 is 0 Å². The van der Waals surface area contributed by atoms with Gasteiger partial charge in [-0.15, -0.1) is 0 Å². The van der Waals surface area contributed by atoms with Crippen LogP contribution in [0.1, 0.15) is 5.56 Å².